The number of pyridine rings is 1. The van der Waals surface area contributed by atoms with Crippen LogP contribution in [0.15, 0.2) is 41.2 Å². The lowest BCUT2D eigenvalue weighted by Gasteiger charge is -2.16. The molecule has 2 unspecified atom stereocenters. The highest BCUT2D eigenvalue weighted by atomic mass is 79.9. The Kier molecular flexibility index (Phi) is 3.54. The van der Waals surface area contributed by atoms with Crippen molar-refractivity contribution in [2.45, 2.75) is 17.7 Å². The molecule has 0 aliphatic heterocycles. The fraction of sp³-hybridized carbons (Fsp3) is 0.250. The van der Waals surface area contributed by atoms with Gasteiger partial charge < -0.3 is 0 Å². The number of hydrogen-bond acceptors (Lipinski definition) is 2. The molecule has 0 bridgehead atoms. The molecule has 78 valence electrons. The van der Waals surface area contributed by atoms with Crippen LogP contribution in [0, 0.1) is 0 Å². The number of thiophene rings is 1. The van der Waals surface area contributed by atoms with E-state index in [1.165, 1.54) is 5.56 Å². The molecule has 15 heavy (non-hydrogen) atoms. The van der Waals surface area contributed by atoms with E-state index in [0.717, 1.165) is 5.69 Å². The summed E-state index contributed by atoms with van der Waals surface area (Å²) < 4.78 is 0. The van der Waals surface area contributed by atoms with Gasteiger partial charge in [0.2, 0.25) is 0 Å². The molecule has 0 spiro atoms. The number of nitrogens with zero attached hydrogens (tertiary/aromatic N) is 1. The first-order valence-electron chi connectivity index (χ1n) is 4.86. The predicted molar refractivity (Wildman–Crippen MR) is 68.6 cm³/mol. The first-order valence-corrected chi connectivity index (χ1v) is 6.72. The monoisotopic (exact) mass is 281 g/mol. The van der Waals surface area contributed by atoms with Gasteiger partial charge in [-0.15, -0.1) is 0 Å². The van der Waals surface area contributed by atoms with Gasteiger partial charge in [-0.2, -0.15) is 11.3 Å². The van der Waals surface area contributed by atoms with Crippen molar-refractivity contribution in [2.75, 3.05) is 0 Å². The highest BCUT2D eigenvalue weighted by Crippen LogP contribution is 2.37. The van der Waals surface area contributed by atoms with E-state index in [1.807, 2.05) is 18.3 Å². The molecule has 2 atom stereocenters. The van der Waals surface area contributed by atoms with Crippen LogP contribution in [-0.2, 0) is 0 Å². The number of alkyl halides is 1. The molecule has 0 fully saturated rings. The van der Waals surface area contributed by atoms with E-state index in [0.29, 0.717) is 10.7 Å². The fourth-order valence-electron chi connectivity index (χ4n) is 1.52. The van der Waals surface area contributed by atoms with Crippen molar-refractivity contribution in [3.8, 4) is 0 Å². The van der Waals surface area contributed by atoms with Crippen LogP contribution in [0.1, 0.15) is 28.9 Å². The Labute approximate surface area is 102 Å². The van der Waals surface area contributed by atoms with Gasteiger partial charge in [-0.05, 0) is 34.5 Å². The lowest BCUT2D eigenvalue weighted by atomic mass is 9.99. The molecule has 0 amide bonds. The van der Waals surface area contributed by atoms with Crippen LogP contribution in [0.4, 0.5) is 0 Å². The molecule has 1 nitrogen and oxygen atoms in total. The van der Waals surface area contributed by atoms with Gasteiger partial charge in [-0.1, -0.05) is 28.9 Å². The summed E-state index contributed by atoms with van der Waals surface area (Å²) in [7, 11) is 0. The quantitative estimate of drug-likeness (QED) is 0.761. The van der Waals surface area contributed by atoms with Gasteiger partial charge in [-0.3, -0.25) is 4.98 Å². The fourth-order valence-corrected chi connectivity index (χ4v) is 2.94. The minimum absolute atomic E-state index is 0.346. The standard InChI is InChI=1S/C12H12BrNS/c1-9(11-4-2-3-6-14-11)12(13)10-5-7-15-8-10/h2-9,12H,1H3. The highest BCUT2D eigenvalue weighted by Gasteiger charge is 2.18. The maximum absolute atomic E-state index is 4.38. The van der Waals surface area contributed by atoms with Crippen molar-refractivity contribution < 1.29 is 0 Å². The van der Waals surface area contributed by atoms with Crippen molar-refractivity contribution in [1.29, 1.82) is 0 Å². The zero-order chi connectivity index (χ0) is 10.7. The molecule has 0 aliphatic rings. The molecule has 2 rings (SSSR count). The first kappa shape index (κ1) is 10.8. The Morgan fingerprint density at radius 1 is 1.33 bits per heavy atom. The number of aromatic nitrogens is 1. The molecule has 2 aromatic heterocycles. The SMILES string of the molecule is CC(c1ccccn1)C(Br)c1ccsc1. The summed E-state index contributed by atoms with van der Waals surface area (Å²) in [5, 5.41) is 4.29. The van der Waals surface area contributed by atoms with Gasteiger partial charge in [-0.25, -0.2) is 0 Å². The third-order valence-corrected chi connectivity index (χ3v) is 4.48. The summed E-state index contributed by atoms with van der Waals surface area (Å²) in [5.41, 5.74) is 2.46. The Morgan fingerprint density at radius 3 is 2.80 bits per heavy atom. The van der Waals surface area contributed by atoms with E-state index in [9.17, 15) is 0 Å². The van der Waals surface area contributed by atoms with Crippen molar-refractivity contribution in [3.05, 3.63) is 52.5 Å². The van der Waals surface area contributed by atoms with E-state index in [2.05, 4.69) is 50.7 Å². The zero-order valence-electron chi connectivity index (χ0n) is 8.43. The van der Waals surface area contributed by atoms with Crippen molar-refractivity contribution in [1.82, 2.24) is 4.98 Å². The van der Waals surface area contributed by atoms with Crippen LogP contribution >= 0.6 is 27.3 Å². The van der Waals surface area contributed by atoms with Crippen LogP contribution < -0.4 is 0 Å². The Bertz CT molecular complexity index is 399. The summed E-state index contributed by atoms with van der Waals surface area (Å²) in [6, 6.07) is 8.21. The van der Waals surface area contributed by atoms with E-state index in [-0.39, 0.29) is 0 Å². The van der Waals surface area contributed by atoms with E-state index in [4.69, 9.17) is 0 Å². The maximum atomic E-state index is 4.38. The lowest BCUT2D eigenvalue weighted by molar-refractivity contribution is 0.726. The minimum Gasteiger partial charge on any atom is -0.261 e. The lowest BCUT2D eigenvalue weighted by Crippen LogP contribution is -2.02. The average Bonchev–Trinajstić information content (AvgIpc) is 2.82. The second-order valence-corrected chi connectivity index (χ2v) is 5.27. The third-order valence-electron chi connectivity index (χ3n) is 2.45. The van der Waals surface area contributed by atoms with Gasteiger partial charge in [0.25, 0.3) is 0 Å². The molecule has 0 N–H and O–H groups in total. The molecule has 2 aromatic rings. The van der Waals surface area contributed by atoms with Gasteiger partial charge >= 0.3 is 0 Å². The summed E-state index contributed by atoms with van der Waals surface area (Å²) in [4.78, 5) is 4.73. The average molecular weight is 282 g/mol. The number of halogens is 1. The van der Waals surface area contributed by atoms with Crippen molar-refractivity contribution in [2.24, 2.45) is 0 Å². The molecule has 0 saturated carbocycles. The maximum Gasteiger partial charge on any atom is 0.0484 e. The van der Waals surface area contributed by atoms with Gasteiger partial charge in [0.1, 0.15) is 0 Å². The van der Waals surface area contributed by atoms with Crippen LogP contribution in [0.3, 0.4) is 0 Å². The molecule has 0 saturated heterocycles. The Morgan fingerprint density at radius 2 is 2.20 bits per heavy atom. The molecule has 2 heterocycles. The molecule has 0 radical (unpaired) electrons. The first-order chi connectivity index (χ1) is 7.29. The van der Waals surface area contributed by atoms with Crippen LogP contribution in [0.2, 0.25) is 0 Å². The predicted octanol–water partition coefficient (Wildman–Crippen LogP) is 4.38. The Hall–Kier alpha value is -0.670. The van der Waals surface area contributed by atoms with E-state index in [1.54, 1.807) is 11.3 Å². The van der Waals surface area contributed by atoms with Crippen LogP contribution in [-0.4, -0.2) is 4.98 Å². The highest BCUT2D eigenvalue weighted by molar-refractivity contribution is 9.09. The van der Waals surface area contributed by atoms with Crippen LogP contribution in [0.5, 0.6) is 0 Å². The Balaban J connectivity index is 2.18. The molecule has 3 heteroatoms. The summed E-state index contributed by atoms with van der Waals surface area (Å²) >= 11 is 5.46. The normalized spacial score (nSPS) is 14.8. The topological polar surface area (TPSA) is 12.9 Å². The number of hydrogen-bond donors (Lipinski definition) is 0. The van der Waals surface area contributed by atoms with E-state index >= 15 is 0 Å². The second-order valence-electron chi connectivity index (χ2n) is 3.50. The summed E-state index contributed by atoms with van der Waals surface area (Å²) in [6.07, 6.45) is 1.85. The molecule has 0 aliphatic carbocycles. The summed E-state index contributed by atoms with van der Waals surface area (Å²) in [5.74, 6) is 0.390. The molecular weight excluding hydrogens is 270 g/mol. The van der Waals surface area contributed by atoms with Crippen LogP contribution in [0.25, 0.3) is 0 Å². The second kappa shape index (κ2) is 4.90. The van der Waals surface area contributed by atoms with Gasteiger partial charge in [0.15, 0.2) is 0 Å². The molecular formula is C12H12BrNS. The zero-order valence-corrected chi connectivity index (χ0v) is 10.8. The van der Waals surface area contributed by atoms with Gasteiger partial charge in [0.05, 0.1) is 0 Å². The largest absolute Gasteiger partial charge is 0.261 e. The third kappa shape index (κ3) is 2.47. The summed E-state index contributed by atoms with van der Waals surface area (Å²) in [6.45, 7) is 2.19. The van der Waals surface area contributed by atoms with Gasteiger partial charge in [0, 0.05) is 22.6 Å². The number of rotatable bonds is 3. The minimum atomic E-state index is 0.346. The van der Waals surface area contributed by atoms with Crippen molar-refractivity contribution >= 4 is 27.3 Å². The molecule has 0 aromatic carbocycles. The smallest absolute Gasteiger partial charge is 0.0484 e. The van der Waals surface area contributed by atoms with Crippen molar-refractivity contribution in [3.63, 3.8) is 0 Å². The van der Waals surface area contributed by atoms with E-state index < -0.39 is 0 Å².